The van der Waals surface area contributed by atoms with Crippen molar-refractivity contribution < 1.29 is 0 Å². The van der Waals surface area contributed by atoms with Crippen molar-refractivity contribution in [2.24, 2.45) is 0 Å². The fourth-order valence-corrected chi connectivity index (χ4v) is 3.76. The minimum absolute atomic E-state index is 0.0803. The average molecular weight is 343 g/mol. The van der Waals surface area contributed by atoms with Crippen LogP contribution in [-0.2, 0) is 5.75 Å². The highest BCUT2D eigenvalue weighted by Gasteiger charge is 2.28. The fourth-order valence-electron chi connectivity index (χ4n) is 2.61. The number of aromatic nitrogens is 2. The zero-order valence-electron chi connectivity index (χ0n) is 12.4. The molecular formula is C18H15ClN2OS. The lowest BCUT2D eigenvalue weighted by atomic mass is 10.2. The summed E-state index contributed by atoms with van der Waals surface area (Å²) >= 11 is 7.54. The van der Waals surface area contributed by atoms with Gasteiger partial charge in [-0.3, -0.25) is 9.36 Å². The molecule has 1 aromatic heterocycles. The van der Waals surface area contributed by atoms with Crippen LogP contribution in [0.15, 0.2) is 58.5 Å². The van der Waals surface area contributed by atoms with E-state index in [0.717, 1.165) is 34.3 Å². The van der Waals surface area contributed by atoms with Gasteiger partial charge in [-0.25, -0.2) is 4.98 Å². The minimum Gasteiger partial charge on any atom is -0.284 e. The molecule has 0 atom stereocenters. The van der Waals surface area contributed by atoms with Gasteiger partial charge in [0.05, 0.1) is 10.9 Å². The molecule has 1 aliphatic rings. The molecule has 1 fully saturated rings. The van der Waals surface area contributed by atoms with Crippen LogP contribution in [0.4, 0.5) is 0 Å². The summed E-state index contributed by atoms with van der Waals surface area (Å²) < 4.78 is 1.88. The summed E-state index contributed by atoms with van der Waals surface area (Å²) in [5.41, 5.74) is 2.02. The number of fused-ring (bicyclic) bond motifs is 1. The summed E-state index contributed by atoms with van der Waals surface area (Å²) in [6.45, 7) is 0. The molecule has 0 radical (unpaired) electrons. The molecule has 1 heterocycles. The molecule has 23 heavy (non-hydrogen) atoms. The number of hydrogen-bond donors (Lipinski definition) is 0. The first-order chi connectivity index (χ1) is 11.2. The predicted octanol–water partition coefficient (Wildman–Crippen LogP) is 4.68. The average Bonchev–Trinajstić information content (AvgIpc) is 3.39. The van der Waals surface area contributed by atoms with Gasteiger partial charge in [0.25, 0.3) is 5.56 Å². The van der Waals surface area contributed by atoms with E-state index in [1.54, 1.807) is 11.8 Å². The molecule has 116 valence electrons. The van der Waals surface area contributed by atoms with Gasteiger partial charge in [0.15, 0.2) is 5.16 Å². The molecule has 3 aromatic rings. The fraction of sp³-hybridized carbons (Fsp3) is 0.222. The number of halogens is 1. The van der Waals surface area contributed by atoms with Crippen LogP contribution in [-0.4, -0.2) is 9.55 Å². The molecule has 1 aliphatic carbocycles. The van der Waals surface area contributed by atoms with Gasteiger partial charge in [0, 0.05) is 16.8 Å². The zero-order chi connectivity index (χ0) is 15.8. The number of para-hydroxylation sites is 1. The molecule has 0 N–H and O–H groups in total. The van der Waals surface area contributed by atoms with E-state index in [4.69, 9.17) is 16.6 Å². The molecule has 0 unspecified atom stereocenters. The second kappa shape index (κ2) is 6.02. The molecule has 2 aromatic carbocycles. The normalized spacial score (nSPS) is 14.3. The van der Waals surface area contributed by atoms with Crippen molar-refractivity contribution in [2.45, 2.75) is 29.8 Å². The lowest BCUT2D eigenvalue weighted by Crippen LogP contribution is -2.22. The number of rotatable bonds is 4. The topological polar surface area (TPSA) is 34.9 Å². The van der Waals surface area contributed by atoms with Crippen molar-refractivity contribution in [3.8, 4) is 0 Å². The highest BCUT2D eigenvalue weighted by molar-refractivity contribution is 7.98. The van der Waals surface area contributed by atoms with Gasteiger partial charge in [-0.1, -0.05) is 47.6 Å². The first-order valence-corrected chi connectivity index (χ1v) is 8.97. The van der Waals surface area contributed by atoms with E-state index in [2.05, 4.69) is 0 Å². The maximum absolute atomic E-state index is 12.8. The molecule has 3 nitrogen and oxygen atoms in total. The molecule has 0 aliphatic heterocycles. The second-order valence-corrected chi connectivity index (χ2v) is 7.11. The number of hydrogen-bond acceptors (Lipinski definition) is 3. The Morgan fingerprint density at radius 3 is 2.61 bits per heavy atom. The van der Waals surface area contributed by atoms with E-state index in [-0.39, 0.29) is 5.56 Å². The Labute approximate surface area is 143 Å². The van der Waals surface area contributed by atoms with Crippen molar-refractivity contribution in [3.63, 3.8) is 0 Å². The number of thioether (sulfide) groups is 1. The van der Waals surface area contributed by atoms with Crippen LogP contribution in [0.3, 0.4) is 0 Å². The van der Waals surface area contributed by atoms with E-state index < -0.39 is 0 Å². The lowest BCUT2D eigenvalue weighted by Gasteiger charge is -2.12. The Bertz CT molecular complexity index is 916. The van der Waals surface area contributed by atoms with Crippen molar-refractivity contribution in [1.29, 1.82) is 0 Å². The predicted molar refractivity (Wildman–Crippen MR) is 95.3 cm³/mol. The van der Waals surface area contributed by atoms with Gasteiger partial charge in [0.1, 0.15) is 0 Å². The molecule has 0 amide bonds. The van der Waals surface area contributed by atoms with Crippen molar-refractivity contribution in [3.05, 3.63) is 69.5 Å². The van der Waals surface area contributed by atoms with Crippen LogP contribution in [0.5, 0.6) is 0 Å². The van der Waals surface area contributed by atoms with Gasteiger partial charge in [-0.2, -0.15) is 0 Å². The zero-order valence-corrected chi connectivity index (χ0v) is 14.0. The third-order valence-electron chi connectivity index (χ3n) is 3.97. The highest BCUT2D eigenvalue weighted by atomic mass is 35.5. The summed E-state index contributed by atoms with van der Waals surface area (Å²) in [4.78, 5) is 17.5. The summed E-state index contributed by atoms with van der Waals surface area (Å²) in [6, 6.07) is 15.7. The molecule has 1 saturated carbocycles. The summed E-state index contributed by atoms with van der Waals surface area (Å²) in [6.07, 6.45) is 2.13. The van der Waals surface area contributed by atoms with E-state index in [1.165, 1.54) is 5.56 Å². The summed E-state index contributed by atoms with van der Waals surface area (Å²) in [5, 5.41) is 2.25. The number of benzene rings is 2. The second-order valence-electron chi connectivity index (χ2n) is 5.73. The SMILES string of the molecule is O=c1c2ccccc2nc(SCc2ccc(Cl)cc2)n1C1CC1. The molecular weight excluding hydrogens is 328 g/mol. The van der Waals surface area contributed by atoms with Crippen LogP contribution >= 0.6 is 23.4 Å². The quantitative estimate of drug-likeness (QED) is 0.510. The maximum atomic E-state index is 12.8. The monoisotopic (exact) mass is 342 g/mol. The van der Waals surface area contributed by atoms with Crippen LogP contribution in [0.25, 0.3) is 10.9 Å². The van der Waals surface area contributed by atoms with Gasteiger partial charge in [-0.15, -0.1) is 0 Å². The Hall–Kier alpha value is -1.78. The molecule has 0 spiro atoms. The van der Waals surface area contributed by atoms with Crippen LogP contribution in [0, 0.1) is 0 Å². The molecule has 0 saturated heterocycles. The summed E-state index contributed by atoms with van der Waals surface area (Å²) in [5.74, 6) is 0.772. The Morgan fingerprint density at radius 2 is 1.87 bits per heavy atom. The largest absolute Gasteiger partial charge is 0.284 e. The van der Waals surface area contributed by atoms with Gasteiger partial charge in [0.2, 0.25) is 0 Å². The minimum atomic E-state index is 0.0803. The molecule has 4 rings (SSSR count). The van der Waals surface area contributed by atoms with Gasteiger partial charge in [-0.05, 0) is 42.7 Å². The first kappa shape index (κ1) is 14.8. The standard InChI is InChI=1S/C18H15ClN2OS/c19-13-7-5-12(6-8-13)11-23-18-20-16-4-2-1-3-15(16)17(22)21(18)14-9-10-14/h1-8,14H,9-11H2. The van der Waals surface area contributed by atoms with Gasteiger partial charge < -0.3 is 0 Å². The smallest absolute Gasteiger partial charge is 0.262 e. The molecule has 5 heteroatoms. The van der Waals surface area contributed by atoms with E-state index >= 15 is 0 Å². The van der Waals surface area contributed by atoms with Crippen LogP contribution in [0.1, 0.15) is 24.4 Å². The first-order valence-electron chi connectivity index (χ1n) is 7.61. The highest BCUT2D eigenvalue weighted by Crippen LogP contribution is 2.37. The van der Waals surface area contributed by atoms with Gasteiger partial charge >= 0.3 is 0 Å². The van der Waals surface area contributed by atoms with Crippen LogP contribution < -0.4 is 5.56 Å². The maximum Gasteiger partial charge on any atom is 0.262 e. The van der Waals surface area contributed by atoms with Crippen molar-refractivity contribution >= 4 is 34.3 Å². The third-order valence-corrected chi connectivity index (χ3v) is 5.24. The Kier molecular flexibility index (Phi) is 3.87. The molecule has 0 bridgehead atoms. The van der Waals surface area contributed by atoms with Crippen molar-refractivity contribution in [2.75, 3.05) is 0 Å². The van der Waals surface area contributed by atoms with E-state index in [0.29, 0.717) is 11.4 Å². The Morgan fingerprint density at radius 1 is 1.13 bits per heavy atom. The number of nitrogens with zero attached hydrogens (tertiary/aromatic N) is 2. The van der Waals surface area contributed by atoms with Crippen molar-refractivity contribution in [1.82, 2.24) is 9.55 Å². The Balaban J connectivity index is 1.72. The summed E-state index contributed by atoms with van der Waals surface area (Å²) in [7, 11) is 0. The lowest BCUT2D eigenvalue weighted by molar-refractivity contribution is 0.618. The van der Waals surface area contributed by atoms with Crippen LogP contribution in [0.2, 0.25) is 5.02 Å². The van der Waals surface area contributed by atoms with E-state index in [9.17, 15) is 4.79 Å². The third kappa shape index (κ3) is 3.01. The van der Waals surface area contributed by atoms with E-state index in [1.807, 2.05) is 53.1 Å².